The summed E-state index contributed by atoms with van der Waals surface area (Å²) in [4.78, 5) is 9.73. The molecule has 0 radical (unpaired) electrons. The summed E-state index contributed by atoms with van der Waals surface area (Å²) in [5, 5.41) is 0. The Morgan fingerprint density at radius 1 is 1.33 bits per heavy atom. The van der Waals surface area contributed by atoms with Crippen molar-refractivity contribution in [2.24, 2.45) is 4.40 Å². The largest absolute Gasteiger partial charge is 0.391 e. The molecule has 0 heterocycles. The molecule has 0 unspecified atom stereocenters. The molecule has 1 rings (SSSR count). The van der Waals surface area contributed by atoms with Crippen molar-refractivity contribution in [1.29, 1.82) is 0 Å². The van der Waals surface area contributed by atoms with Crippen LogP contribution < -0.4 is 0 Å². The van der Waals surface area contributed by atoms with Gasteiger partial charge in [0.1, 0.15) is 0 Å². The van der Waals surface area contributed by atoms with Gasteiger partial charge < -0.3 is 0 Å². The molecule has 0 spiro atoms. The lowest BCUT2D eigenvalue weighted by Gasteiger charge is -2.00. The monoisotopic (exact) mass is 227 g/mol. The van der Waals surface area contributed by atoms with Crippen molar-refractivity contribution in [1.82, 2.24) is 0 Å². The summed E-state index contributed by atoms with van der Waals surface area (Å²) in [5.41, 5.74) is 1.75. The van der Waals surface area contributed by atoms with Gasteiger partial charge >= 0.3 is 10.3 Å². The molecule has 1 aromatic rings. The minimum Gasteiger partial charge on any atom is -0.247 e. The van der Waals surface area contributed by atoms with Crippen LogP contribution in [-0.2, 0) is 25.9 Å². The zero-order chi connectivity index (χ0) is 11.3. The zero-order valence-corrected chi connectivity index (χ0v) is 8.82. The lowest BCUT2D eigenvalue weighted by Crippen LogP contribution is -2.01. The van der Waals surface area contributed by atoms with Crippen LogP contribution in [0.2, 0.25) is 0 Å². The Labute approximate surface area is 87.7 Å². The average Bonchev–Trinajstić information content (AvgIpc) is 2.17. The molecule has 0 N–H and O–H groups in total. The molecule has 0 fully saturated rings. The third-order valence-corrected chi connectivity index (χ3v) is 2.36. The quantitative estimate of drug-likeness (QED) is 0.570. The van der Waals surface area contributed by atoms with Crippen LogP contribution in [0.3, 0.4) is 0 Å². The van der Waals surface area contributed by atoms with E-state index in [9.17, 15) is 13.2 Å². The smallest absolute Gasteiger partial charge is 0.247 e. The summed E-state index contributed by atoms with van der Waals surface area (Å²) in [6.45, 7) is 1.77. The second-order valence-corrected chi connectivity index (χ2v) is 4.13. The van der Waals surface area contributed by atoms with E-state index in [2.05, 4.69) is 8.58 Å². The second-order valence-electron chi connectivity index (χ2n) is 2.86. The van der Waals surface area contributed by atoms with E-state index in [1.54, 1.807) is 12.1 Å². The van der Waals surface area contributed by atoms with Crippen LogP contribution in [0.4, 0.5) is 0 Å². The van der Waals surface area contributed by atoms with Gasteiger partial charge in [-0.25, -0.2) is 8.98 Å². The number of isocyanates is 1. The normalized spacial score (nSPS) is 10.7. The molecule has 0 aromatic heterocycles. The first-order valence-corrected chi connectivity index (χ1v) is 5.44. The lowest BCUT2D eigenvalue weighted by atomic mass is 10.2. The fourth-order valence-electron chi connectivity index (χ4n) is 0.899. The summed E-state index contributed by atoms with van der Waals surface area (Å²) in [6, 6.07) is 7.12. The third-order valence-electron chi connectivity index (χ3n) is 1.64. The van der Waals surface area contributed by atoms with Crippen LogP contribution in [-0.4, -0.2) is 14.5 Å². The van der Waals surface area contributed by atoms with E-state index in [1.165, 1.54) is 0 Å². The minimum absolute atomic E-state index is 0.145. The summed E-state index contributed by atoms with van der Waals surface area (Å²) in [6.07, 6.45) is 0.915. The van der Waals surface area contributed by atoms with Gasteiger partial charge in [0.05, 0.1) is 6.61 Å². The predicted octanol–water partition coefficient (Wildman–Crippen LogP) is 1.09. The van der Waals surface area contributed by atoms with Gasteiger partial charge in [-0.1, -0.05) is 34.2 Å². The molecule has 15 heavy (non-hydrogen) atoms. The topological polar surface area (TPSA) is 72.8 Å². The molecule has 0 aliphatic carbocycles. The lowest BCUT2D eigenvalue weighted by molar-refractivity contribution is 0.309. The minimum atomic E-state index is -4.14. The highest BCUT2D eigenvalue weighted by Gasteiger charge is 2.08. The molecular weight excluding hydrogens is 218 g/mol. The van der Waals surface area contributed by atoms with E-state index in [0.29, 0.717) is 5.56 Å². The Kier molecular flexibility index (Phi) is 3.74. The Morgan fingerprint density at radius 3 is 2.47 bits per heavy atom. The molecule has 6 heteroatoms. The summed E-state index contributed by atoms with van der Waals surface area (Å²) in [7, 11) is -4.14. The number of benzene rings is 1. The number of nitrogens with zero attached hydrogens (tertiary/aromatic N) is 1. The van der Waals surface area contributed by atoms with Gasteiger partial charge in [0, 0.05) is 0 Å². The van der Waals surface area contributed by atoms with Crippen molar-refractivity contribution in [2.45, 2.75) is 13.5 Å². The molecule has 0 amide bonds. The van der Waals surface area contributed by atoms with E-state index < -0.39 is 10.3 Å². The molecule has 80 valence electrons. The zero-order valence-electron chi connectivity index (χ0n) is 8.00. The number of aryl methyl sites for hydroxylation is 1. The molecule has 1 aromatic carbocycles. The van der Waals surface area contributed by atoms with Gasteiger partial charge in [-0.15, -0.1) is 0 Å². The van der Waals surface area contributed by atoms with Gasteiger partial charge in [-0.3, -0.25) is 0 Å². The average molecular weight is 227 g/mol. The first-order chi connectivity index (χ1) is 7.03. The van der Waals surface area contributed by atoms with Crippen LogP contribution in [0.25, 0.3) is 0 Å². The molecule has 0 atom stereocenters. The van der Waals surface area contributed by atoms with Gasteiger partial charge in [-0.2, -0.15) is 8.42 Å². The first-order valence-electron chi connectivity index (χ1n) is 4.07. The highest BCUT2D eigenvalue weighted by Crippen LogP contribution is 2.06. The van der Waals surface area contributed by atoms with Crippen LogP contribution >= 0.6 is 0 Å². The van der Waals surface area contributed by atoms with Crippen LogP contribution in [0.15, 0.2) is 28.7 Å². The summed E-state index contributed by atoms with van der Waals surface area (Å²) < 4.78 is 28.6. The highest BCUT2D eigenvalue weighted by atomic mass is 32.2. The van der Waals surface area contributed by atoms with E-state index in [4.69, 9.17) is 0 Å². The Bertz CT molecular complexity index is 471. The van der Waals surface area contributed by atoms with Crippen molar-refractivity contribution in [3.05, 3.63) is 35.4 Å². The van der Waals surface area contributed by atoms with Gasteiger partial charge in [0.15, 0.2) is 0 Å². The number of hydrogen-bond acceptors (Lipinski definition) is 4. The summed E-state index contributed by atoms with van der Waals surface area (Å²) >= 11 is 0. The second kappa shape index (κ2) is 4.84. The number of rotatable bonds is 4. The maximum atomic E-state index is 10.8. The first kappa shape index (κ1) is 11.6. The van der Waals surface area contributed by atoms with E-state index in [0.717, 1.165) is 11.6 Å². The maximum Gasteiger partial charge on any atom is 0.391 e. The van der Waals surface area contributed by atoms with Crippen LogP contribution in [0, 0.1) is 6.92 Å². The fourth-order valence-corrected chi connectivity index (χ4v) is 1.33. The SMILES string of the molecule is Cc1ccc(COS(=O)(=O)N=C=O)cc1. The van der Waals surface area contributed by atoms with Gasteiger partial charge in [0.25, 0.3) is 6.08 Å². The predicted molar refractivity (Wildman–Crippen MR) is 53.0 cm³/mol. The standard InChI is InChI=1S/C9H9NO4S/c1-8-2-4-9(5-3-8)6-14-15(12,13)10-7-11/h2-5H,6H2,1H3. The molecule has 0 bridgehead atoms. The van der Waals surface area contributed by atoms with E-state index in [1.807, 2.05) is 19.1 Å². The summed E-state index contributed by atoms with van der Waals surface area (Å²) in [5.74, 6) is 0. The van der Waals surface area contributed by atoms with Crippen molar-refractivity contribution in [2.75, 3.05) is 0 Å². The van der Waals surface area contributed by atoms with Crippen molar-refractivity contribution >= 4 is 16.4 Å². The van der Waals surface area contributed by atoms with Crippen LogP contribution in [0.1, 0.15) is 11.1 Å². The van der Waals surface area contributed by atoms with Crippen molar-refractivity contribution < 1.29 is 17.4 Å². The number of hydrogen-bond donors (Lipinski definition) is 0. The maximum absolute atomic E-state index is 10.8. The number of carbonyl (C=O) groups excluding carboxylic acids is 1. The fraction of sp³-hybridized carbons (Fsp3) is 0.222. The van der Waals surface area contributed by atoms with E-state index in [-0.39, 0.29) is 6.61 Å². The molecule has 5 nitrogen and oxygen atoms in total. The molecular formula is C9H9NO4S. The Hall–Kier alpha value is -1.49. The van der Waals surface area contributed by atoms with Crippen LogP contribution in [0.5, 0.6) is 0 Å². The van der Waals surface area contributed by atoms with E-state index >= 15 is 0 Å². The Morgan fingerprint density at radius 2 is 1.93 bits per heavy atom. The van der Waals surface area contributed by atoms with Gasteiger partial charge in [-0.05, 0) is 12.5 Å². The van der Waals surface area contributed by atoms with Crippen molar-refractivity contribution in [3.8, 4) is 0 Å². The van der Waals surface area contributed by atoms with Crippen molar-refractivity contribution in [3.63, 3.8) is 0 Å². The molecule has 0 saturated carbocycles. The Balaban J connectivity index is 2.65. The highest BCUT2D eigenvalue weighted by molar-refractivity contribution is 7.85. The van der Waals surface area contributed by atoms with Gasteiger partial charge in [0.2, 0.25) is 0 Å². The molecule has 0 aliphatic heterocycles. The molecule has 0 saturated heterocycles. The molecule has 0 aliphatic rings. The third kappa shape index (κ3) is 4.03.